The predicted octanol–water partition coefficient (Wildman–Crippen LogP) is 12.0. The van der Waals surface area contributed by atoms with Gasteiger partial charge in [-0.1, -0.05) is 91.0 Å². The fourth-order valence-electron chi connectivity index (χ4n) is 6.80. The molecule has 46 heavy (non-hydrogen) atoms. The van der Waals surface area contributed by atoms with Crippen LogP contribution in [0, 0.1) is 5.82 Å². The minimum Gasteiger partial charge on any atom is -0.453 e. The van der Waals surface area contributed by atoms with Gasteiger partial charge in [-0.25, -0.2) is 4.39 Å². The molecule has 0 radical (unpaired) electrons. The third-order valence-corrected chi connectivity index (χ3v) is 8.82. The molecule has 0 N–H and O–H groups in total. The van der Waals surface area contributed by atoms with Crippen molar-refractivity contribution in [3.8, 4) is 16.8 Å². The van der Waals surface area contributed by atoms with Gasteiger partial charge in [0.15, 0.2) is 5.58 Å². The molecule has 9 rings (SSSR count). The Bertz CT molecular complexity index is 2540. The smallest absolute Gasteiger partial charge is 0.161 e. The van der Waals surface area contributed by atoms with Crippen molar-refractivity contribution in [1.82, 2.24) is 4.57 Å². The summed E-state index contributed by atoms with van der Waals surface area (Å²) in [6, 6.07) is 55.1. The van der Waals surface area contributed by atoms with Gasteiger partial charge in [0.2, 0.25) is 0 Å². The van der Waals surface area contributed by atoms with Crippen LogP contribution in [0.1, 0.15) is 0 Å². The molecule has 0 spiro atoms. The van der Waals surface area contributed by atoms with E-state index in [1.165, 1.54) is 12.1 Å². The number of halogens is 1. The summed E-state index contributed by atoms with van der Waals surface area (Å²) in [6.45, 7) is 0. The zero-order valence-electron chi connectivity index (χ0n) is 24.8. The van der Waals surface area contributed by atoms with Crippen molar-refractivity contribution >= 4 is 60.8 Å². The Morgan fingerprint density at radius 1 is 0.522 bits per heavy atom. The number of hydrogen-bond donors (Lipinski definition) is 0. The van der Waals surface area contributed by atoms with E-state index in [1.807, 2.05) is 24.3 Å². The van der Waals surface area contributed by atoms with Crippen LogP contribution in [0.2, 0.25) is 0 Å². The van der Waals surface area contributed by atoms with Crippen LogP contribution in [0.3, 0.4) is 0 Å². The quantitative estimate of drug-likeness (QED) is 0.198. The van der Waals surface area contributed by atoms with Gasteiger partial charge in [0, 0.05) is 38.8 Å². The molecule has 3 nitrogen and oxygen atoms in total. The van der Waals surface area contributed by atoms with E-state index in [0.29, 0.717) is 0 Å². The van der Waals surface area contributed by atoms with Gasteiger partial charge in [0.1, 0.15) is 16.9 Å². The molecule has 0 fully saturated rings. The molecule has 0 aliphatic carbocycles. The number of benzene rings is 7. The van der Waals surface area contributed by atoms with E-state index in [4.69, 9.17) is 4.42 Å². The number of para-hydroxylation sites is 3. The third-order valence-electron chi connectivity index (χ3n) is 8.82. The Morgan fingerprint density at radius 3 is 2.09 bits per heavy atom. The van der Waals surface area contributed by atoms with E-state index < -0.39 is 0 Å². The lowest BCUT2D eigenvalue weighted by Crippen LogP contribution is -2.10. The summed E-state index contributed by atoms with van der Waals surface area (Å²) in [5, 5.41) is 4.39. The van der Waals surface area contributed by atoms with E-state index in [0.717, 1.165) is 77.6 Å². The van der Waals surface area contributed by atoms with Crippen molar-refractivity contribution in [2.45, 2.75) is 0 Å². The molecule has 0 saturated carbocycles. The minimum absolute atomic E-state index is 0.265. The molecule has 0 atom stereocenters. The number of hydrogen-bond acceptors (Lipinski definition) is 2. The summed E-state index contributed by atoms with van der Waals surface area (Å²) in [5.74, 6) is -0.265. The monoisotopic (exact) mass is 594 g/mol. The molecule has 0 amide bonds. The van der Waals surface area contributed by atoms with Crippen LogP contribution in [-0.4, -0.2) is 4.57 Å². The van der Waals surface area contributed by atoms with E-state index in [-0.39, 0.29) is 5.82 Å². The van der Waals surface area contributed by atoms with Gasteiger partial charge < -0.3 is 13.9 Å². The molecule has 9 aromatic rings. The first-order valence-corrected chi connectivity index (χ1v) is 15.4. The van der Waals surface area contributed by atoms with Crippen LogP contribution in [0.5, 0.6) is 0 Å². The lowest BCUT2D eigenvalue weighted by atomic mass is 10.0. The highest BCUT2D eigenvalue weighted by Crippen LogP contribution is 2.44. The molecule has 0 aliphatic heterocycles. The average Bonchev–Trinajstić information content (AvgIpc) is 3.65. The fraction of sp³-hybridized carbons (Fsp3) is 0. The van der Waals surface area contributed by atoms with Gasteiger partial charge in [0.05, 0.1) is 11.2 Å². The summed E-state index contributed by atoms with van der Waals surface area (Å²) in [6.07, 6.45) is 0. The first kappa shape index (κ1) is 26.3. The van der Waals surface area contributed by atoms with Crippen molar-refractivity contribution in [2.24, 2.45) is 0 Å². The molecule has 0 saturated heterocycles. The maximum Gasteiger partial charge on any atom is 0.161 e. The zero-order valence-corrected chi connectivity index (χ0v) is 24.8. The van der Waals surface area contributed by atoms with E-state index in [1.54, 1.807) is 0 Å². The van der Waals surface area contributed by atoms with Gasteiger partial charge in [0.25, 0.3) is 0 Å². The largest absolute Gasteiger partial charge is 0.453 e. The van der Waals surface area contributed by atoms with Crippen molar-refractivity contribution < 1.29 is 8.81 Å². The third kappa shape index (κ3) is 4.11. The molecule has 2 aromatic heterocycles. The van der Waals surface area contributed by atoms with Crippen LogP contribution >= 0.6 is 0 Å². The van der Waals surface area contributed by atoms with Crippen molar-refractivity contribution in [3.63, 3.8) is 0 Å². The molecule has 218 valence electrons. The minimum atomic E-state index is -0.265. The Morgan fingerprint density at radius 2 is 1.22 bits per heavy atom. The number of fused-ring (bicyclic) bond motifs is 6. The maximum absolute atomic E-state index is 14.1. The number of aromatic nitrogens is 1. The Hall–Kier alpha value is -6.13. The topological polar surface area (TPSA) is 21.3 Å². The van der Waals surface area contributed by atoms with Gasteiger partial charge in [-0.2, -0.15) is 0 Å². The summed E-state index contributed by atoms with van der Waals surface area (Å²) < 4.78 is 23.2. The highest BCUT2D eigenvalue weighted by atomic mass is 19.1. The Kier molecular flexibility index (Phi) is 6.00. The second kappa shape index (κ2) is 10.5. The molecule has 7 aromatic carbocycles. The number of rotatable bonds is 5. The van der Waals surface area contributed by atoms with Crippen LogP contribution in [0.15, 0.2) is 168 Å². The highest BCUT2D eigenvalue weighted by molar-refractivity contribution is 6.18. The zero-order chi connectivity index (χ0) is 30.6. The average molecular weight is 595 g/mol. The Labute approximate surface area is 265 Å². The van der Waals surface area contributed by atoms with Gasteiger partial charge in [-0.15, -0.1) is 0 Å². The normalized spacial score (nSPS) is 11.6. The number of nitrogens with zero attached hydrogens (tertiary/aromatic N) is 2. The Balaban J connectivity index is 1.27. The first-order valence-electron chi connectivity index (χ1n) is 15.4. The summed E-state index contributed by atoms with van der Waals surface area (Å²) in [7, 11) is 0. The van der Waals surface area contributed by atoms with Crippen LogP contribution < -0.4 is 4.90 Å². The molecular weight excluding hydrogens is 567 g/mol. The summed E-state index contributed by atoms with van der Waals surface area (Å²) in [5.41, 5.74) is 9.89. The predicted molar refractivity (Wildman–Crippen MR) is 188 cm³/mol. The molecule has 2 heterocycles. The first-order chi connectivity index (χ1) is 22.7. The van der Waals surface area contributed by atoms with Crippen molar-refractivity contribution in [1.29, 1.82) is 0 Å². The van der Waals surface area contributed by atoms with Gasteiger partial charge in [-0.3, -0.25) is 0 Å². The molecule has 0 unspecified atom stereocenters. The molecule has 0 bridgehead atoms. The standard InChI is InChI=1S/C42H27FN2O/c43-30-23-25-32(26-24-30)44(38-22-9-12-28-11-4-5-17-34(28)38)33-16-8-13-29(27-33)35-19-10-20-37-40-42(46-41(35)37)36-18-6-7-21-39(36)45(40)31-14-2-1-3-15-31/h1-27H. The van der Waals surface area contributed by atoms with Crippen LogP contribution in [-0.2, 0) is 0 Å². The van der Waals surface area contributed by atoms with Crippen molar-refractivity contribution in [3.05, 3.63) is 170 Å². The summed E-state index contributed by atoms with van der Waals surface area (Å²) >= 11 is 0. The van der Waals surface area contributed by atoms with E-state index in [2.05, 4.69) is 137 Å². The molecule has 0 aliphatic rings. The summed E-state index contributed by atoms with van der Waals surface area (Å²) in [4.78, 5) is 2.20. The SMILES string of the molecule is Fc1ccc(N(c2cccc(-c3cccc4c3oc3c5ccccc5n(-c5ccccc5)c43)c2)c2cccc3ccccc23)cc1. The lowest BCUT2D eigenvalue weighted by Gasteiger charge is -2.27. The number of anilines is 3. The van der Waals surface area contributed by atoms with Crippen molar-refractivity contribution in [2.75, 3.05) is 4.90 Å². The number of furan rings is 1. The van der Waals surface area contributed by atoms with Crippen LogP contribution in [0.25, 0.3) is 60.6 Å². The fourth-order valence-corrected chi connectivity index (χ4v) is 6.80. The van der Waals surface area contributed by atoms with Gasteiger partial charge in [-0.05, 0) is 83.7 Å². The lowest BCUT2D eigenvalue weighted by molar-refractivity contribution is 0.628. The second-order valence-corrected chi connectivity index (χ2v) is 11.5. The van der Waals surface area contributed by atoms with Crippen LogP contribution in [0.4, 0.5) is 21.5 Å². The molecular formula is C42H27FN2O. The molecule has 4 heteroatoms. The maximum atomic E-state index is 14.1. The second-order valence-electron chi connectivity index (χ2n) is 11.5. The highest BCUT2D eigenvalue weighted by Gasteiger charge is 2.22. The van der Waals surface area contributed by atoms with E-state index >= 15 is 0 Å². The van der Waals surface area contributed by atoms with Gasteiger partial charge >= 0.3 is 0 Å². The van der Waals surface area contributed by atoms with E-state index in [9.17, 15) is 4.39 Å².